The van der Waals surface area contributed by atoms with Crippen molar-refractivity contribution in [3.8, 4) is 23.0 Å². The van der Waals surface area contributed by atoms with Gasteiger partial charge >= 0.3 is 0 Å². The first-order chi connectivity index (χ1) is 23.1. The zero-order chi connectivity index (χ0) is 38.8. The van der Waals surface area contributed by atoms with Crippen LogP contribution in [0.2, 0.25) is 0 Å². The highest BCUT2D eigenvalue weighted by Gasteiger charge is 2.34. The molecule has 0 radical (unpaired) electrons. The molecule has 0 bridgehead atoms. The molecule has 276 valence electrons. The number of phenolic OH excluding ortho intramolecular Hbond substituents is 4. The second kappa shape index (κ2) is 13.8. The Morgan fingerprint density at radius 2 is 0.686 bits per heavy atom. The van der Waals surface area contributed by atoms with Crippen LogP contribution in [0.15, 0.2) is 46.2 Å². The molecule has 4 N–H and O–H groups in total. The molecule has 0 fully saturated rings. The van der Waals surface area contributed by atoms with Gasteiger partial charge < -0.3 is 20.4 Å². The highest BCUT2D eigenvalue weighted by Crippen LogP contribution is 2.51. The van der Waals surface area contributed by atoms with E-state index >= 15 is 0 Å². The molecule has 4 aromatic carbocycles. The summed E-state index contributed by atoms with van der Waals surface area (Å²) in [5, 5.41) is 45.5. The van der Waals surface area contributed by atoms with Crippen molar-refractivity contribution < 1.29 is 20.4 Å². The minimum Gasteiger partial charge on any atom is -0.507 e. The summed E-state index contributed by atoms with van der Waals surface area (Å²) in [5.41, 5.74) is 9.86. The highest BCUT2D eigenvalue weighted by molar-refractivity contribution is 7.99. The zero-order valence-corrected chi connectivity index (χ0v) is 34.9. The summed E-state index contributed by atoms with van der Waals surface area (Å²) in [7, 11) is 0. The lowest BCUT2D eigenvalue weighted by Gasteiger charge is -2.33. The number of aromatic hydroxyl groups is 4. The van der Waals surface area contributed by atoms with Crippen LogP contribution in [0.3, 0.4) is 0 Å². The molecule has 0 spiro atoms. The molecule has 0 aromatic heterocycles. The lowest BCUT2D eigenvalue weighted by molar-refractivity contribution is 0.419. The van der Waals surface area contributed by atoms with Gasteiger partial charge in [-0.15, -0.1) is 0 Å². The minimum atomic E-state index is -0.372. The average Bonchev–Trinajstić information content (AvgIpc) is 2.94. The quantitative estimate of drug-likeness (QED) is 0.160. The first-order valence-corrected chi connectivity index (χ1v) is 19.0. The van der Waals surface area contributed by atoms with E-state index in [1.807, 2.05) is 27.7 Å². The summed E-state index contributed by atoms with van der Waals surface area (Å²) in [6.07, 6.45) is 1.16. The lowest BCUT2D eigenvalue weighted by Crippen LogP contribution is -2.21. The monoisotopic (exact) mass is 710 g/mol. The van der Waals surface area contributed by atoms with E-state index in [1.165, 1.54) is 0 Å². The molecular weight excluding hydrogens is 649 g/mol. The molecule has 5 heteroatoms. The van der Waals surface area contributed by atoms with Gasteiger partial charge in [0, 0.05) is 32.0 Å². The molecule has 51 heavy (non-hydrogen) atoms. The van der Waals surface area contributed by atoms with Gasteiger partial charge in [-0.25, -0.2) is 0 Å². The molecule has 4 aromatic rings. The zero-order valence-electron chi connectivity index (χ0n) is 34.1. The Morgan fingerprint density at radius 1 is 0.412 bits per heavy atom. The SMILES string of the molecule is Cc1cc(Cc2c(Sc3cc(C(C)(C)C)c(O)c(C(C)(C)C)c3Cc3cc(C)c(O)c(C)c3)cc(C(C)(C)C)c(O)c2C(C)(C)C)cc(C)c1O. The van der Waals surface area contributed by atoms with Crippen molar-refractivity contribution in [2.45, 2.75) is 155 Å². The number of hydrogen-bond donors (Lipinski definition) is 4. The van der Waals surface area contributed by atoms with Gasteiger partial charge in [0.05, 0.1) is 0 Å². The van der Waals surface area contributed by atoms with E-state index in [2.05, 4.69) is 119 Å². The molecule has 4 nitrogen and oxygen atoms in total. The molecule has 0 atom stereocenters. The van der Waals surface area contributed by atoms with E-state index in [-0.39, 0.29) is 21.7 Å². The molecule has 0 heterocycles. The maximum Gasteiger partial charge on any atom is 0.123 e. The van der Waals surface area contributed by atoms with Gasteiger partial charge in [-0.3, -0.25) is 0 Å². The summed E-state index contributed by atoms with van der Waals surface area (Å²) in [5.74, 6) is 1.31. The molecule has 0 saturated carbocycles. The van der Waals surface area contributed by atoms with Gasteiger partial charge in [-0.1, -0.05) is 119 Å². The predicted molar refractivity (Wildman–Crippen MR) is 216 cm³/mol. The van der Waals surface area contributed by atoms with E-state index in [0.717, 1.165) is 76.6 Å². The highest BCUT2D eigenvalue weighted by atomic mass is 32.2. The maximum atomic E-state index is 12.1. The summed E-state index contributed by atoms with van der Waals surface area (Å²) < 4.78 is 0. The van der Waals surface area contributed by atoms with Gasteiger partial charge in [0.15, 0.2) is 0 Å². The first-order valence-electron chi connectivity index (χ1n) is 18.2. The number of rotatable bonds is 6. The molecule has 4 rings (SSSR count). The van der Waals surface area contributed by atoms with Crippen molar-refractivity contribution in [3.63, 3.8) is 0 Å². The molecule has 0 aliphatic heterocycles. The summed E-state index contributed by atoms with van der Waals surface area (Å²) in [6.45, 7) is 33.6. The van der Waals surface area contributed by atoms with Crippen LogP contribution in [0.1, 0.15) is 150 Å². The second-order valence-corrected chi connectivity index (χ2v) is 19.9. The number of phenols is 4. The molecule has 0 aliphatic rings. The van der Waals surface area contributed by atoms with Crippen molar-refractivity contribution in [2.24, 2.45) is 0 Å². The Morgan fingerprint density at radius 3 is 0.922 bits per heavy atom. The van der Waals surface area contributed by atoms with Crippen molar-refractivity contribution >= 4 is 11.8 Å². The van der Waals surface area contributed by atoms with Gasteiger partial charge in [0.2, 0.25) is 0 Å². The lowest BCUT2D eigenvalue weighted by atomic mass is 9.76. The van der Waals surface area contributed by atoms with Gasteiger partial charge in [-0.2, -0.15) is 0 Å². The van der Waals surface area contributed by atoms with Crippen LogP contribution in [0.5, 0.6) is 23.0 Å². The van der Waals surface area contributed by atoms with Crippen molar-refractivity contribution in [3.05, 3.63) is 103 Å². The molecule has 0 aliphatic carbocycles. The Balaban J connectivity index is 2.16. The molecular formula is C46H62O4S. The fraction of sp³-hybridized carbons (Fsp3) is 0.478. The van der Waals surface area contributed by atoms with Crippen LogP contribution in [0.4, 0.5) is 0 Å². The fourth-order valence-corrected chi connectivity index (χ4v) is 8.67. The van der Waals surface area contributed by atoms with Crippen molar-refractivity contribution in [2.75, 3.05) is 0 Å². The summed E-state index contributed by atoms with van der Waals surface area (Å²) in [4.78, 5) is 2.13. The Kier molecular flexibility index (Phi) is 10.9. The van der Waals surface area contributed by atoms with Crippen LogP contribution in [0, 0.1) is 27.7 Å². The van der Waals surface area contributed by atoms with Gasteiger partial charge in [0.25, 0.3) is 0 Å². The van der Waals surface area contributed by atoms with E-state index in [9.17, 15) is 20.4 Å². The van der Waals surface area contributed by atoms with E-state index in [4.69, 9.17) is 0 Å². The Labute approximate surface area is 312 Å². The predicted octanol–water partition coefficient (Wildman–Crippen LogP) is 12.3. The third-order valence-corrected chi connectivity index (χ3v) is 11.1. The largest absolute Gasteiger partial charge is 0.507 e. The molecule has 0 amide bonds. The number of hydrogen-bond acceptors (Lipinski definition) is 5. The first kappa shape index (κ1) is 40.2. The van der Waals surface area contributed by atoms with Crippen LogP contribution >= 0.6 is 11.8 Å². The summed E-state index contributed by atoms with van der Waals surface area (Å²) in [6, 6.07) is 12.6. The molecule has 0 unspecified atom stereocenters. The third-order valence-electron chi connectivity index (χ3n) is 9.93. The van der Waals surface area contributed by atoms with Crippen molar-refractivity contribution in [1.29, 1.82) is 0 Å². The van der Waals surface area contributed by atoms with Gasteiger partial charge in [0.1, 0.15) is 23.0 Å². The molecule has 0 saturated heterocycles. The standard InChI is InChI=1S/C46H62O4S/c1-25-17-29(18-26(2)39(25)47)21-31-35(23-33(43(5,6)7)41(49)37(31)45(11,12)13)51-36-24-34(44(8,9)10)42(50)38(46(14,15)16)32(36)22-30-19-27(3)40(48)28(4)20-30/h17-20,23-24,47-50H,21-22H2,1-16H3. The topological polar surface area (TPSA) is 80.9 Å². The van der Waals surface area contributed by atoms with E-state index < -0.39 is 0 Å². The normalized spacial score (nSPS) is 12.9. The van der Waals surface area contributed by atoms with Crippen molar-refractivity contribution in [1.82, 2.24) is 0 Å². The van der Waals surface area contributed by atoms with Crippen LogP contribution < -0.4 is 0 Å². The van der Waals surface area contributed by atoms with Crippen LogP contribution in [-0.4, -0.2) is 20.4 Å². The number of benzene rings is 4. The van der Waals surface area contributed by atoms with E-state index in [1.54, 1.807) is 11.8 Å². The Hall–Kier alpha value is -3.57. The minimum absolute atomic E-state index is 0.313. The van der Waals surface area contributed by atoms with Gasteiger partial charge in [-0.05, 0) is 119 Å². The number of aryl methyl sites for hydroxylation is 4. The van der Waals surface area contributed by atoms with Crippen LogP contribution in [0.25, 0.3) is 0 Å². The second-order valence-electron chi connectivity index (χ2n) is 18.9. The average molecular weight is 711 g/mol. The van der Waals surface area contributed by atoms with Crippen LogP contribution in [-0.2, 0) is 34.5 Å². The Bertz CT molecular complexity index is 1780. The van der Waals surface area contributed by atoms with E-state index in [0.29, 0.717) is 35.8 Å². The summed E-state index contributed by atoms with van der Waals surface area (Å²) >= 11 is 1.72. The third kappa shape index (κ3) is 8.40. The fourth-order valence-electron chi connectivity index (χ4n) is 7.49. The smallest absolute Gasteiger partial charge is 0.123 e. The maximum absolute atomic E-state index is 12.1.